The van der Waals surface area contributed by atoms with Gasteiger partial charge >= 0.3 is 0 Å². The smallest absolute Gasteiger partial charge is 0.0489 e. The van der Waals surface area contributed by atoms with Crippen LogP contribution in [-0.4, -0.2) is 36.2 Å². The van der Waals surface area contributed by atoms with E-state index in [9.17, 15) is 5.11 Å². The lowest BCUT2D eigenvalue weighted by Crippen LogP contribution is -2.38. The number of rotatable bonds is 7. The highest BCUT2D eigenvalue weighted by molar-refractivity contribution is 5.20. The van der Waals surface area contributed by atoms with E-state index < -0.39 is 0 Å². The molecule has 1 aromatic carbocycles. The maximum absolute atomic E-state index is 9.49. The highest BCUT2D eigenvalue weighted by Crippen LogP contribution is 2.27. The Morgan fingerprint density at radius 1 is 1.18 bits per heavy atom. The SMILES string of the molecule is CCN(CC)[C@@H](c1ccccc1)[C@@H](CN)CO. The van der Waals surface area contributed by atoms with Crippen LogP contribution in [0.2, 0.25) is 0 Å². The Hall–Kier alpha value is -0.900. The summed E-state index contributed by atoms with van der Waals surface area (Å²) in [5.74, 6) is 0.0947. The van der Waals surface area contributed by atoms with Crippen molar-refractivity contribution in [3.05, 3.63) is 35.9 Å². The maximum atomic E-state index is 9.49. The molecule has 0 fully saturated rings. The molecule has 0 heterocycles. The molecule has 2 atom stereocenters. The third-order valence-corrected chi connectivity index (χ3v) is 3.33. The molecule has 3 heteroatoms. The van der Waals surface area contributed by atoms with Crippen LogP contribution >= 0.6 is 0 Å². The minimum absolute atomic E-state index is 0.0947. The number of benzene rings is 1. The number of aliphatic hydroxyl groups excluding tert-OH is 1. The maximum Gasteiger partial charge on any atom is 0.0489 e. The molecule has 0 aromatic heterocycles. The summed E-state index contributed by atoms with van der Waals surface area (Å²) in [5.41, 5.74) is 7.02. The highest BCUT2D eigenvalue weighted by Gasteiger charge is 2.25. The van der Waals surface area contributed by atoms with Crippen LogP contribution in [-0.2, 0) is 0 Å². The van der Waals surface area contributed by atoms with Gasteiger partial charge in [-0.2, -0.15) is 0 Å². The third kappa shape index (κ3) is 3.53. The van der Waals surface area contributed by atoms with E-state index in [2.05, 4.69) is 30.9 Å². The van der Waals surface area contributed by atoms with Crippen molar-refractivity contribution in [2.45, 2.75) is 19.9 Å². The van der Waals surface area contributed by atoms with E-state index in [1.165, 1.54) is 5.56 Å². The van der Waals surface area contributed by atoms with Crippen LogP contribution in [0, 0.1) is 5.92 Å². The molecule has 0 radical (unpaired) electrons. The predicted octanol–water partition coefficient (Wildman–Crippen LogP) is 1.64. The van der Waals surface area contributed by atoms with Crippen molar-refractivity contribution in [2.24, 2.45) is 11.7 Å². The first-order valence-electron chi connectivity index (χ1n) is 6.38. The average Bonchev–Trinajstić information content (AvgIpc) is 2.40. The minimum atomic E-state index is 0.0947. The van der Waals surface area contributed by atoms with Crippen LogP contribution in [0.1, 0.15) is 25.5 Å². The Morgan fingerprint density at radius 2 is 1.76 bits per heavy atom. The molecule has 0 saturated carbocycles. The Morgan fingerprint density at radius 3 is 2.18 bits per heavy atom. The molecule has 3 nitrogen and oxygen atoms in total. The number of aliphatic hydroxyl groups is 1. The van der Waals surface area contributed by atoms with Gasteiger partial charge < -0.3 is 10.8 Å². The largest absolute Gasteiger partial charge is 0.396 e. The fraction of sp³-hybridized carbons (Fsp3) is 0.571. The van der Waals surface area contributed by atoms with Gasteiger partial charge in [0, 0.05) is 18.6 Å². The van der Waals surface area contributed by atoms with Crippen molar-refractivity contribution < 1.29 is 5.11 Å². The van der Waals surface area contributed by atoms with E-state index in [1.807, 2.05) is 18.2 Å². The summed E-state index contributed by atoms with van der Waals surface area (Å²) < 4.78 is 0. The molecule has 0 aliphatic heterocycles. The Labute approximate surface area is 104 Å². The van der Waals surface area contributed by atoms with E-state index in [0.29, 0.717) is 6.54 Å². The summed E-state index contributed by atoms with van der Waals surface area (Å²) >= 11 is 0. The van der Waals surface area contributed by atoms with Gasteiger partial charge in [0.2, 0.25) is 0 Å². The molecule has 0 amide bonds. The molecular weight excluding hydrogens is 212 g/mol. The van der Waals surface area contributed by atoms with Gasteiger partial charge in [0.05, 0.1) is 0 Å². The zero-order chi connectivity index (χ0) is 12.7. The van der Waals surface area contributed by atoms with Gasteiger partial charge in [-0.05, 0) is 25.2 Å². The Bertz CT molecular complexity index is 282. The molecule has 0 saturated heterocycles. The van der Waals surface area contributed by atoms with Crippen molar-refractivity contribution in [1.82, 2.24) is 4.90 Å². The van der Waals surface area contributed by atoms with Crippen molar-refractivity contribution >= 4 is 0 Å². The van der Waals surface area contributed by atoms with Crippen LogP contribution < -0.4 is 5.73 Å². The van der Waals surface area contributed by atoms with Crippen molar-refractivity contribution in [3.63, 3.8) is 0 Å². The van der Waals surface area contributed by atoms with E-state index >= 15 is 0 Å². The lowest BCUT2D eigenvalue weighted by molar-refractivity contribution is 0.109. The number of nitrogens with zero attached hydrogens (tertiary/aromatic N) is 1. The van der Waals surface area contributed by atoms with Crippen LogP contribution in [0.3, 0.4) is 0 Å². The normalized spacial score (nSPS) is 14.9. The monoisotopic (exact) mass is 236 g/mol. The summed E-state index contributed by atoms with van der Waals surface area (Å²) in [6.45, 7) is 6.85. The van der Waals surface area contributed by atoms with Crippen molar-refractivity contribution in [2.75, 3.05) is 26.2 Å². The summed E-state index contributed by atoms with van der Waals surface area (Å²) in [7, 11) is 0. The van der Waals surface area contributed by atoms with Crippen LogP contribution in [0.5, 0.6) is 0 Å². The van der Waals surface area contributed by atoms with E-state index in [4.69, 9.17) is 5.73 Å². The summed E-state index contributed by atoms with van der Waals surface area (Å²) in [5, 5.41) is 9.49. The molecule has 0 bridgehead atoms. The predicted molar refractivity (Wildman–Crippen MR) is 71.7 cm³/mol. The topological polar surface area (TPSA) is 49.5 Å². The fourth-order valence-corrected chi connectivity index (χ4v) is 2.35. The molecule has 17 heavy (non-hydrogen) atoms. The second-order valence-electron chi connectivity index (χ2n) is 4.26. The molecular formula is C14H24N2O. The van der Waals surface area contributed by atoms with Gasteiger partial charge in [0.15, 0.2) is 0 Å². The van der Waals surface area contributed by atoms with Gasteiger partial charge in [-0.15, -0.1) is 0 Å². The van der Waals surface area contributed by atoms with E-state index in [1.54, 1.807) is 0 Å². The van der Waals surface area contributed by atoms with Crippen molar-refractivity contribution in [1.29, 1.82) is 0 Å². The zero-order valence-electron chi connectivity index (χ0n) is 10.8. The Kier molecular flexibility index (Phi) is 6.19. The van der Waals surface area contributed by atoms with E-state index in [0.717, 1.165) is 13.1 Å². The van der Waals surface area contributed by atoms with Gasteiger partial charge in [0.25, 0.3) is 0 Å². The highest BCUT2D eigenvalue weighted by atomic mass is 16.3. The molecule has 0 aliphatic carbocycles. The standard InChI is InChI=1S/C14H24N2O/c1-3-16(4-2)14(13(10-15)11-17)12-8-6-5-7-9-12/h5-9,13-14,17H,3-4,10-11,15H2,1-2H3/t13-,14-/m0/s1. The van der Waals surface area contributed by atoms with Crippen LogP contribution in [0.25, 0.3) is 0 Å². The quantitative estimate of drug-likeness (QED) is 0.756. The first-order valence-corrected chi connectivity index (χ1v) is 6.38. The van der Waals surface area contributed by atoms with Gasteiger partial charge in [-0.3, -0.25) is 4.90 Å². The zero-order valence-corrected chi connectivity index (χ0v) is 10.8. The molecule has 1 aromatic rings. The summed E-state index contributed by atoms with van der Waals surface area (Å²) in [6.07, 6.45) is 0. The second kappa shape index (κ2) is 7.43. The molecule has 0 spiro atoms. The van der Waals surface area contributed by atoms with Crippen molar-refractivity contribution in [3.8, 4) is 0 Å². The molecule has 0 unspecified atom stereocenters. The van der Waals surface area contributed by atoms with E-state index in [-0.39, 0.29) is 18.6 Å². The van der Waals surface area contributed by atoms with Gasteiger partial charge in [-0.25, -0.2) is 0 Å². The Balaban J connectivity index is 3.01. The molecule has 1 rings (SSSR count). The third-order valence-electron chi connectivity index (χ3n) is 3.33. The van der Waals surface area contributed by atoms with Gasteiger partial charge in [0.1, 0.15) is 0 Å². The number of hydrogen-bond acceptors (Lipinski definition) is 3. The molecule has 3 N–H and O–H groups in total. The van der Waals surface area contributed by atoms with Crippen LogP contribution in [0.15, 0.2) is 30.3 Å². The second-order valence-corrected chi connectivity index (χ2v) is 4.26. The first-order chi connectivity index (χ1) is 8.28. The molecule has 96 valence electrons. The lowest BCUT2D eigenvalue weighted by atomic mass is 9.92. The lowest BCUT2D eigenvalue weighted by Gasteiger charge is -2.35. The minimum Gasteiger partial charge on any atom is -0.396 e. The van der Waals surface area contributed by atoms with Gasteiger partial charge in [-0.1, -0.05) is 44.2 Å². The summed E-state index contributed by atoms with van der Waals surface area (Å²) in [6, 6.07) is 10.5. The average molecular weight is 236 g/mol. The summed E-state index contributed by atoms with van der Waals surface area (Å²) in [4.78, 5) is 2.35. The fourth-order valence-electron chi connectivity index (χ4n) is 2.35. The number of nitrogens with two attached hydrogens (primary N) is 1. The van der Waals surface area contributed by atoms with Crippen LogP contribution in [0.4, 0.5) is 0 Å². The molecule has 0 aliphatic rings. The first kappa shape index (κ1) is 14.2. The number of hydrogen-bond donors (Lipinski definition) is 2.